The number of carbonyl (C=O) groups is 5. The minimum absolute atomic E-state index is 0.0192. The number of carbonyl (C=O) groups excluding carboxylic acids is 5. The van der Waals surface area contributed by atoms with E-state index in [0.717, 1.165) is 12.8 Å². The van der Waals surface area contributed by atoms with E-state index in [4.69, 9.17) is 14.5 Å². The van der Waals surface area contributed by atoms with Crippen LogP contribution in [0.15, 0.2) is 30.4 Å². The molecule has 310 valence electrons. The van der Waals surface area contributed by atoms with Gasteiger partial charge in [-0.15, -0.1) is 0 Å². The lowest BCUT2D eigenvalue weighted by atomic mass is 9.87. The molecule has 2 aliphatic heterocycles. The Hall–Kier alpha value is -4.60. The van der Waals surface area contributed by atoms with Crippen LogP contribution < -0.4 is 24.8 Å². The number of aryl methyl sites for hydroxylation is 1. The molecule has 0 bridgehead atoms. The minimum Gasteiger partial charge on any atom is -0.497 e. The molecule has 15 nitrogen and oxygen atoms in total. The van der Waals surface area contributed by atoms with Crippen LogP contribution in [0.25, 0.3) is 11.0 Å². The fourth-order valence-corrected chi connectivity index (χ4v) is 9.26. The molecular weight excluding hydrogens is 753 g/mol. The Bertz CT molecular complexity index is 2050. The molecule has 1 aromatic carbocycles. The van der Waals surface area contributed by atoms with Gasteiger partial charge in [-0.3, -0.25) is 28.7 Å². The highest BCUT2D eigenvalue weighted by atomic mass is 32.2. The summed E-state index contributed by atoms with van der Waals surface area (Å²) in [6.45, 7) is 8.49. The number of hydrogen-bond donors (Lipinski definition) is 3. The van der Waals surface area contributed by atoms with Crippen molar-refractivity contribution in [2.45, 2.75) is 134 Å². The number of amides is 4. The number of Topliss-reactive ketones (excluding diaryl/α,β-unsaturated/α-hetero) is 1. The minimum atomic E-state index is -4.00. The van der Waals surface area contributed by atoms with Crippen LogP contribution in [0, 0.1) is 24.7 Å². The van der Waals surface area contributed by atoms with Crippen LogP contribution in [0.5, 0.6) is 11.6 Å². The first-order chi connectivity index (χ1) is 27.0. The normalized spacial score (nSPS) is 27.6. The number of allylic oxidation sites excluding steroid dienone is 1. The van der Waals surface area contributed by atoms with Crippen molar-refractivity contribution in [1.29, 1.82) is 0 Å². The van der Waals surface area contributed by atoms with Crippen LogP contribution in [0.2, 0.25) is 0 Å². The van der Waals surface area contributed by atoms with Gasteiger partial charge in [-0.25, -0.2) is 18.4 Å². The van der Waals surface area contributed by atoms with E-state index in [2.05, 4.69) is 20.3 Å². The first kappa shape index (κ1) is 42.0. The molecule has 2 aliphatic carbocycles. The van der Waals surface area contributed by atoms with E-state index < -0.39 is 68.1 Å². The summed E-state index contributed by atoms with van der Waals surface area (Å²) in [5, 5.41) is 5.69. The highest BCUT2D eigenvalue weighted by Crippen LogP contribution is 2.47. The Morgan fingerprint density at radius 1 is 1.11 bits per heavy atom. The van der Waals surface area contributed by atoms with Gasteiger partial charge in [-0.2, -0.15) is 0 Å². The molecular formula is C41H56N6O9S. The van der Waals surface area contributed by atoms with Gasteiger partial charge in [0.25, 0.3) is 5.91 Å². The zero-order valence-electron chi connectivity index (χ0n) is 33.8. The number of ether oxygens (including phenoxy) is 2. The van der Waals surface area contributed by atoms with Crippen molar-refractivity contribution in [3.63, 3.8) is 0 Å². The Morgan fingerprint density at radius 3 is 2.54 bits per heavy atom. The summed E-state index contributed by atoms with van der Waals surface area (Å²) in [4.78, 5) is 80.0. The number of methoxy groups -OCH3 is 1. The number of nitrogens with zero attached hydrogens (tertiary/aromatic N) is 3. The smallest absolute Gasteiger partial charge is 0.259 e. The van der Waals surface area contributed by atoms with Crippen molar-refractivity contribution in [3.8, 4) is 11.6 Å². The van der Waals surface area contributed by atoms with Crippen LogP contribution in [-0.2, 0) is 34.0 Å². The van der Waals surface area contributed by atoms with E-state index in [0.29, 0.717) is 61.0 Å². The highest BCUT2D eigenvalue weighted by molar-refractivity contribution is 7.91. The van der Waals surface area contributed by atoms with Crippen molar-refractivity contribution in [1.82, 2.24) is 30.2 Å². The summed E-state index contributed by atoms with van der Waals surface area (Å²) >= 11 is 0. The lowest BCUT2D eigenvalue weighted by molar-refractivity contribution is -0.144. The average Bonchev–Trinajstić information content (AvgIpc) is 4.05. The van der Waals surface area contributed by atoms with Crippen LogP contribution in [-0.4, -0.2) is 94.8 Å². The molecule has 4 aliphatic rings. The van der Waals surface area contributed by atoms with Gasteiger partial charge in [-0.05, 0) is 70.4 Å². The third-order valence-corrected chi connectivity index (χ3v) is 14.4. The van der Waals surface area contributed by atoms with Gasteiger partial charge in [0.2, 0.25) is 33.6 Å². The molecule has 16 heteroatoms. The number of rotatable bonds is 12. The molecule has 3 fully saturated rings. The standard InChI is InChI=1S/C41H56N6O9S/c1-7-24(2)35(43-26(4)48)34(49)19-27-13-11-9-8-10-12-14-28-22-41(28,39(52)46-57(53,54)40(5)17-18-40)45-36(50)33-21-30(23-47(33)38(27)51)56-37-25(3)42-31-16-15-29(55-6)20-32(31)44-37/h12,14-16,20,24,27-28,30,33,35H,7-11,13,17-19,21-23H2,1-6H3,(H,43,48)(H,45,50)(H,46,52)/b14-12-/t24-,27+,28+,30+,33-,35-,41+/m0/s1. The summed E-state index contributed by atoms with van der Waals surface area (Å²) in [7, 11) is -2.46. The maximum absolute atomic E-state index is 14.8. The maximum Gasteiger partial charge on any atom is 0.259 e. The number of fused-ring (bicyclic) bond motifs is 3. The van der Waals surface area contributed by atoms with Gasteiger partial charge < -0.3 is 25.0 Å². The van der Waals surface area contributed by atoms with E-state index in [1.54, 1.807) is 39.2 Å². The Balaban J connectivity index is 1.33. The molecule has 2 aromatic rings. The quantitative estimate of drug-likeness (QED) is 0.263. The van der Waals surface area contributed by atoms with Crippen molar-refractivity contribution in [2.24, 2.45) is 17.8 Å². The predicted molar refractivity (Wildman–Crippen MR) is 211 cm³/mol. The average molecular weight is 809 g/mol. The van der Waals surface area contributed by atoms with Crippen LogP contribution in [0.1, 0.15) is 104 Å². The van der Waals surface area contributed by atoms with Crippen molar-refractivity contribution < 1.29 is 41.9 Å². The molecule has 2 saturated carbocycles. The summed E-state index contributed by atoms with van der Waals surface area (Å²) in [5.41, 5.74) is 0.127. The third-order valence-electron chi connectivity index (χ3n) is 12.2. The second kappa shape index (κ2) is 16.7. The van der Waals surface area contributed by atoms with Crippen molar-refractivity contribution >= 4 is 50.5 Å². The molecule has 6 rings (SSSR count). The number of aromatic nitrogens is 2. The molecule has 7 atom stereocenters. The van der Waals surface area contributed by atoms with E-state index in [-0.39, 0.29) is 49.3 Å². The van der Waals surface area contributed by atoms with Gasteiger partial charge in [0.1, 0.15) is 29.1 Å². The largest absolute Gasteiger partial charge is 0.497 e. The second-order valence-corrected chi connectivity index (χ2v) is 18.8. The second-order valence-electron chi connectivity index (χ2n) is 16.6. The van der Waals surface area contributed by atoms with E-state index >= 15 is 0 Å². The van der Waals surface area contributed by atoms with Crippen LogP contribution in [0.4, 0.5) is 0 Å². The van der Waals surface area contributed by atoms with Gasteiger partial charge in [0.15, 0.2) is 5.78 Å². The maximum atomic E-state index is 14.8. The molecule has 0 radical (unpaired) electrons. The topological polar surface area (TPSA) is 203 Å². The van der Waals surface area contributed by atoms with E-state index in [1.165, 1.54) is 11.8 Å². The van der Waals surface area contributed by atoms with E-state index in [1.807, 2.05) is 26.0 Å². The molecule has 0 spiro atoms. The summed E-state index contributed by atoms with van der Waals surface area (Å²) in [6.07, 6.45) is 7.97. The molecule has 1 aromatic heterocycles. The van der Waals surface area contributed by atoms with E-state index in [9.17, 15) is 32.4 Å². The van der Waals surface area contributed by atoms with Gasteiger partial charge in [0.05, 0.1) is 35.5 Å². The molecule has 4 amide bonds. The van der Waals surface area contributed by atoms with Gasteiger partial charge in [-0.1, -0.05) is 45.3 Å². The lowest BCUT2D eigenvalue weighted by Gasteiger charge is -2.30. The molecule has 1 saturated heterocycles. The molecule has 3 heterocycles. The first-order valence-electron chi connectivity index (χ1n) is 20.2. The zero-order chi connectivity index (χ0) is 41.3. The van der Waals surface area contributed by atoms with Crippen LogP contribution >= 0.6 is 0 Å². The monoisotopic (exact) mass is 808 g/mol. The SMILES string of the molecule is CC[C@H](C)[C@H](NC(C)=O)C(=O)C[C@H]1CCCCC/C=C\[C@@H]2C[C@@]2(C(=O)NS(=O)(=O)C2(C)CC2)NC(=O)[C@@H]2C[C@@H](Oc3nc4cc(OC)ccc4nc3C)CN2C1=O. The number of ketones is 1. The lowest BCUT2D eigenvalue weighted by Crippen LogP contribution is -2.57. The first-order valence-corrected chi connectivity index (χ1v) is 21.6. The number of hydrogen-bond acceptors (Lipinski definition) is 11. The zero-order valence-corrected chi connectivity index (χ0v) is 34.6. The summed E-state index contributed by atoms with van der Waals surface area (Å²) < 4.78 is 39.4. The van der Waals surface area contributed by atoms with Gasteiger partial charge in [0, 0.05) is 37.7 Å². The van der Waals surface area contributed by atoms with Crippen LogP contribution in [0.3, 0.4) is 0 Å². The molecule has 0 unspecified atom stereocenters. The van der Waals surface area contributed by atoms with Gasteiger partial charge >= 0.3 is 0 Å². The summed E-state index contributed by atoms with van der Waals surface area (Å²) in [6, 6.07) is 3.40. The number of nitrogens with one attached hydrogen (secondary N) is 3. The number of sulfonamides is 1. The Kier molecular flexibility index (Phi) is 12.3. The summed E-state index contributed by atoms with van der Waals surface area (Å²) in [5.74, 6) is -3.04. The Labute approximate surface area is 334 Å². The predicted octanol–water partition coefficient (Wildman–Crippen LogP) is 3.82. The fourth-order valence-electron chi connectivity index (χ4n) is 7.95. The highest BCUT2D eigenvalue weighted by Gasteiger charge is 2.63. The fraction of sp³-hybridized carbons (Fsp3) is 0.634. The molecule has 57 heavy (non-hydrogen) atoms. The third kappa shape index (κ3) is 9.10. The van der Waals surface area contributed by atoms with Crippen molar-refractivity contribution in [3.05, 3.63) is 36.0 Å². The van der Waals surface area contributed by atoms with Crippen molar-refractivity contribution in [2.75, 3.05) is 13.7 Å². The molecule has 3 N–H and O–H groups in total. The Morgan fingerprint density at radius 2 is 1.86 bits per heavy atom. The number of benzene rings is 1.